The third kappa shape index (κ3) is 5.88. The fourth-order valence-electron chi connectivity index (χ4n) is 4.43. The topological polar surface area (TPSA) is 60.9 Å². The van der Waals surface area contributed by atoms with Gasteiger partial charge in [-0.1, -0.05) is 42.5 Å². The van der Waals surface area contributed by atoms with E-state index in [4.69, 9.17) is 0 Å². The minimum absolute atomic E-state index is 0.0356. The molecule has 1 amide bonds. The first-order valence-electron chi connectivity index (χ1n) is 11.4. The SMILES string of the molecule is O=C([C@@H]1CCCN(S(=O)(=O)c2ccc(F)cc2)C1)N1CCN(C/C=C/c2ccccc2)CC1. The maximum absolute atomic E-state index is 13.2. The Kier molecular flexibility index (Phi) is 7.57. The molecule has 0 aromatic heterocycles. The second kappa shape index (κ2) is 10.6. The zero-order chi connectivity index (χ0) is 23.3. The molecule has 1 atom stereocenters. The lowest BCUT2D eigenvalue weighted by Crippen LogP contribution is -2.53. The normalized spacial score (nSPS) is 20.9. The second-order valence-corrected chi connectivity index (χ2v) is 10.5. The Bertz CT molecular complexity index is 1070. The van der Waals surface area contributed by atoms with E-state index in [0.717, 1.165) is 31.8 Å². The Morgan fingerprint density at radius 3 is 2.36 bits per heavy atom. The molecule has 0 radical (unpaired) electrons. The summed E-state index contributed by atoms with van der Waals surface area (Å²) in [5.74, 6) is -0.776. The molecule has 0 saturated carbocycles. The van der Waals surface area contributed by atoms with Gasteiger partial charge in [-0.3, -0.25) is 9.69 Å². The molecule has 2 aliphatic rings. The van der Waals surface area contributed by atoms with Gasteiger partial charge in [0.05, 0.1) is 10.8 Å². The number of hydrogen-bond acceptors (Lipinski definition) is 4. The Morgan fingerprint density at radius 1 is 0.970 bits per heavy atom. The second-order valence-electron chi connectivity index (χ2n) is 8.60. The molecule has 0 bridgehead atoms. The van der Waals surface area contributed by atoms with Crippen LogP contribution in [-0.4, -0.2) is 74.2 Å². The van der Waals surface area contributed by atoms with Crippen molar-refractivity contribution in [3.8, 4) is 0 Å². The molecular formula is C25H30FN3O3S. The molecule has 2 saturated heterocycles. The maximum Gasteiger partial charge on any atom is 0.243 e. The largest absolute Gasteiger partial charge is 0.340 e. The highest BCUT2D eigenvalue weighted by molar-refractivity contribution is 7.89. The summed E-state index contributed by atoms with van der Waals surface area (Å²) in [6.45, 7) is 4.30. The predicted molar refractivity (Wildman–Crippen MR) is 126 cm³/mol. The highest BCUT2D eigenvalue weighted by Gasteiger charge is 2.35. The van der Waals surface area contributed by atoms with E-state index in [-0.39, 0.29) is 23.3 Å². The first-order valence-corrected chi connectivity index (χ1v) is 12.9. The van der Waals surface area contributed by atoms with Gasteiger partial charge in [-0.2, -0.15) is 4.31 Å². The van der Waals surface area contributed by atoms with Gasteiger partial charge in [-0.25, -0.2) is 12.8 Å². The van der Waals surface area contributed by atoms with Crippen molar-refractivity contribution in [2.24, 2.45) is 5.92 Å². The summed E-state index contributed by atoms with van der Waals surface area (Å²) in [5.41, 5.74) is 1.17. The quantitative estimate of drug-likeness (QED) is 0.650. The molecule has 8 heteroatoms. The fraction of sp³-hybridized carbons (Fsp3) is 0.400. The van der Waals surface area contributed by atoms with E-state index in [1.54, 1.807) is 0 Å². The van der Waals surface area contributed by atoms with Crippen LogP contribution >= 0.6 is 0 Å². The molecular weight excluding hydrogens is 441 g/mol. The molecule has 4 rings (SSSR count). The Hall–Kier alpha value is -2.55. The van der Waals surface area contributed by atoms with Crippen molar-refractivity contribution in [1.82, 2.24) is 14.1 Å². The minimum Gasteiger partial charge on any atom is -0.340 e. The summed E-state index contributed by atoms with van der Waals surface area (Å²) in [6.07, 6.45) is 5.58. The number of sulfonamides is 1. The molecule has 0 unspecified atom stereocenters. The van der Waals surface area contributed by atoms with Crippen LogP contribution in [0, 0.1) is 11.7 Å². The van der Waals surface area contributed by atoms with Crippen molar-refractivity contribution in [2.75, 3.05) is 45.8 Å². The lowest BCUT2D eigenvalue weighted by Gasteiger charge is -2.38. The van der Waals surface area contributed by atoms with Crippen molar-refractivity contribution in [2.45, 2.75) is 17.7 Å². The number of benzene rings is 2. The average Bonchev–Trinajstić information content (AvgIpc) is 2.85. The lowest BCUT2D eigenvalue weighted by molar-refractivity contribution is -0.138. The van der Waals surface area contributed by atoms with E-state index in [0.29, 0.717) is 32.5 Å². The lowest BCUT2D eigenvalue weighted by atomic mass is 9.98. The molecule has 176 valence electrons. The van der Waals surface area contributed by atoms with Gasteiger partial charge >= 0.3 is 0 Å². The highest BCUT2D eigenvalue weighted by Crippen LogP contribution is 2.25. The van der Waals surface area contributed by atoms with Crippen LogP contribution in [0.15, 0.2) is 65.6 Å². The summed E-state index contributed by atoms with van der Waals surface area (Å²) in [7, 11) is -3.74. The monoisotopic (exact) mass is 471 g/mol. The van der Waals surface area contributed by atoms with Crippen molar-refractivity contribution in [3.05, 3.63) is 72.1 Å². The Balaban J connectivity index is 1.29. The minimum atomic E-state index is -3.74. The van der Waals surface area contributed by atoms with Gasteiger partial charge in [0.25, 0.3) is 0 Å². The van der Waals surface area contributed by atoms with Gasteiger partial charge in [0.2, 0.25) is 15.9 Å². The van der Waals surface area contributed by atoms with E-state index < -0.39 is 15.8 Å². The molecule has 2 fully saturated rings. The van der Waals surface area contributed by atoms with Crippen LogP contribution in [0.1, 0.15) is 18.4 Å². The number of carbonyl (C=O) groups excluding carboxylic acids is 1. The Labute approximate surface area is 195 Å². The van der Waals surface area contributed by atoms with E-state index in [2.05, 4.69) is 29.2 Å². The van der Waals surface area contributed by atoms with Crippen LogP contribution in [0.3, 0.4) is 0 Å². The van der Waals surface area contributed by atoms with Gasteiger partial charge in [0.1, 0.15) is 5.82 Å². The van der Waals surface area contributed by atoms with Gasteiger partial charge in [0.15, 0.2) is 0 Å². The summed E-state index contributed by atoms with van der Waals surface area (Å²) < 4.78 is 40.5. The van der Waals surface area contributed by atoms with Crippen molar-refractivity contribution in [1.29, 1.82) is 0 Å². The fourth-order valence-corrected chi connectivity index (χ4v) is 5.95. The zero-order valence-electron chi connectivity index (χ0n) is 18.6. The van der Waals surface area contributed by atoms with Crippen molar-refractivity contribution < 1.29 is 17.6 Å². The molecule has 2 aromatic rings. The van der Waals surface area contributed by atoms with Gasteiger partial charge in [-0.15, -0.1) is 0 Å². The molecule has 0 spiro atoms. The summed E-state index contributed by atoms with van der Waals surface area (Å²) in [6, 6.07) is 15.0. The molecule has 2 heterocycles. The van der Waals surface area contributed by atoms with E-state index in [1.165, 1.54) is 22.0 Å². The zero-order valence-corrected chi connectivity index (χ0v) is 19.5. The van der Waals surface area contributed by atoms with Crippen molar-refractivity contribution in [3.63, 3.8) is 0 Å². The average molecular weight is 472 g/mol. The smallest absolute Gasteiger partial charge is 0.243 e. The number of halogens is 1. The van der Waals surface area contributed by atoms with E-state index in [1.807, 2.05) is 23.1 Å². The molecule has 0 aliphatic carbocycles. The molecule has 33 heavy (non-hydrogen) atoms. The predicted octanol–water partition coefficient (Wildman–Crippen LogP) is 3.08. The van der Waals surface area contributed by atoms with Gasteiger partial charge < -0.3 is 4.90 Å². The first kappa shape index (κ1) is 23.6. The standard InChI is InChI=1S/C25H30FN3O3S/c26-23-10-12-24(13-11-23)33(31,32)29-15-5-9-22(20-29)25(30)28-18-16-27(17-19-28)14-4-8-21-6-2-1-3-7-21/h1-4,6-8,10-13,22H,5,9,14-20H2/b8-4+/t22-/m1/s1. The van der Waals surface area contributed by atoms with Crippen LogP contribution in [-0.2, 0) is 14.8 Å². The highest BCUT2D eigenvalue weighted by atomic mass is 32.2. The number of nitrogens with zero attached hydrogens (tertiary/aromatic N) is 3. The van der Waals surface area contributed by atoms with Gasteiger partial charge in [0, 0.05) is 45.8 Å². The summed E-state index contributed by atoms with van der Waals surface area (Å²) in [4.78, 5) is 17.4. The number of amides is 1. The Morgan fingerprint density at radius 2 is 1.67 bits per heavy atom. The number of hydrogen-bond donors (Lipinski definition) is 0. The number of carbonyl (C=O) groups is 1. The number of piperazine rings is 1. The van der Waals surface area contributed by atoms with Crippen LogP contribution in [0.4, 0.5) is 4.39 Å². The van der Waals surface area contributed by atoms with Gasteiger partial charge in [-0.05, 0) is 42.7 Å². The number of rotatable bonds is 6. The van der Waals surface area contributed by atoms with E-state index in [9.17, 15) is 17.6 Å². The summed E-state index contributed by atoms with van der Waals surface area (Å²) in [5, 5.41) is 0. The first-order chi connectivity index (χ1) is 15.9. The third-order valence-electron chi connectivity index (χ3n) is 6.34. The van der Waals surface area contributed by atoms with Crippen molar-refractivity contribution >= 4 is 22.0 Å². The van der Waals surface area contributed by atoms with Crippen LogP contribution in [0.2, 0.25) is 0 Å². The summed E-state index contributed by atoms with van der Waals surface area (Å²) >= 11 is 0. The molecule has 0 N–H and O–H groups in total. The molecule has 6 nitrogen and oxygen atoms in total. The number of piperidine rings is 1. The third-order valence-corrected chi connectivity index (χ3v) is 8.22. The van der Waals surface area contributed by atoms with Crippen LogP contribution in [0.25, 0.3) is 6.08 Å². The maximum atomic E-state index is 13.2. The van der Waals surface area contributed by atoms with E-state index >= 15 is 0 Å². The molecule has 2 aromatic carbocycles. The van der Waals surface area contributed by atoms with Crippen LogP contribution < -0.4 is 0 Å². The molecule has 2 aliphatic heterocycles. The van der Waals surface area contributed by atoms with Crippen LogP contribution in [0.5, 0.6) is 0 Å².